The Morgan fingerprint density at radius 2 is 1.70 bits per heavy atom. The van der Waals surface area contributed by atoms with Gasteiger partial charge in [-0.3, -0.25) is 0 Å². The quantitative estimate of drug-likeness (QED) is 0.140. The number of allylic oxidation sites excluding steroid dienone is 5. The van der Waals surface area contributed by atoms with E-state index in [-0.39, 0.29) is 11.7 Å². The first-order valence-corrected chi connectivity index (χ1v) is 8.95. The Kier molecular flexibility index (Phi) is 8.57. The van der Waals surface area contributed by atoms with Gasteiger partial charge in [0, 0.05) is 0 Å². The van der Waals surface area contributed by atoms with E-state index in [4.69, 9.17) is 14.2 Å². The lowest BCUT2D eigenvalue weighted by Gasteiger charge is -2.15. The second-order valence-corrected chi connectivity index (χ2v) is 6.96. The lowest BCUT2D eigenvalue weighted by molar-refractivity contribution is -0.135. The van der Waals surface area contributed by atoms with Gasteiger partial charge in [0.25, 0.3) is 0 Å². The molecule has 5 heteroatoms. The van der Waals surface area contributed by atoms with Gasteiger partial charge in [0.1, 0.15) is 6.10 Å². The second-order valence-electron chi connectivity index (χ2n) is 6.96. The van der Waals surface area contributed by atoms with E-state index in [2.05, 4.69) is 38.2 Å². The number of carbonyl (C=O) groups is 1. The highest BCUT2D eigenvalue weighted by atomic mass is 16.6. The topological polar surface area (TPSA) is 57.3 Å². The fraction of sp³-hybridized carbons (Fsp3) is 0.500. The molecule has 1 fully saturated rings. The van der Waals surface area contributed by atoms with Crippen LogP contribution < -0.4 is 0 Å². The van der Waals surface area contributed by atoms with Gasteiger partial charge in [-0.25, -0.2) is 4.79 Å². The first kappa shape index (κ1) is 22.8. The van der Waals surface area contributed by atoms with Crippen molar-refractivity contribution >= 4 is 5.97 Å². The van der Waals surface area contributed by atoms with Crippen LogP contribution in [0.25, 0.3) is 0 Å². The summed E-state index contributed by atoms with van der Waals surface area (Å²) in [6, 6.07) is 0. The molecule has 1 saturated heterocycles. The first-order chi connectivity index (χ1) is 12.7. The molecule has 1 aliphatic rings. The van der Waals surface area contributed by atoms with E-state index in [1.54, 1.807) is 0 Å². The molecule has 1 rings (SSSR count). The molecule has 1 aliphatic heterocycles. The molecule has 0 aromatic rings. The normalized spacial score (nSPS) is 24.9. The Bertz CT molecular complexity index is 668. The molecule has 0 radical (unpaired) electrons. The molecule has 0 saturated carbocycles. The van der Waals surface area contributed by atoms with Crippen molar-refractivity contribution in [2.75, 3.05) is 21.3 Å². The van der Waals surface area contributed by atoms with Crippen LogP contribution in [-0.2, 0) is 23.7 Å². The van der Waals surface area contributed by atoms with Gasteiger partial charge in [0.2, 0.25) is 0 Å². The van der Waals surface area contributed by atoms with Crippen LogP contribution in [0.2, 0.25) is 0 Å². The number of esters is 1. The van der Waals surface area contributed by atoms with Crippen LogP contribution in [0, 0.1) is 5.92 Å². The maximum Gasteiger partial charge on any atom is 0.334 e. The van der Waals surface area contributed by atoms with Gasteiger partial charge in [-0.1, -0.05) is 30.7 Å². The molecule has 1 unspecified atom stereocenters. The molecule has 0 spiro atoms. The Balaban J connectivity index is 2.87. The van der Waals surface area contributed by atoms with Gasteiger partial charge in [0.05, 0.1) is 33.0 Å². The summed E-state index contributed by atoms with van der Waals surface area (Å²) >= 11 is 0. The minimum absolute atomic E-state index is 0.0931. The predicted molar refractivity (Wildman–Crippen MR) is 107 cm³/mol. The highest BCUT2D eigenvalue weighted by Crippen LogP contribution is 2.43. The van der Waals surface area contributed by atoms with E-state index in [1.807, 2.05) is 25.2 Å². The zero-order chi connectivity index (χ0) is 20.6. The molecular weight excluding hydrogens is 344 g/mol. The summed E-state index contributed by atoms with van der Waals surface area (Å²) in [5.74, 6) is 0.641. The monoisotopic (exact) mass is 376 g/mol. The predicted octanol–water partition coefficient (Wildman–Crippen LogP) is 4.48. The average Bonchev–Trinajstić information content (AvgIpc) is 3.31. The first-order valence-electron chi connectivity index (χ1n) is 8.95. The van der Waals surface area contributed by atoms with Crippen LogP contribution in [0.1, 0.15) is 34.1 Å². The smallest absolute Gasteiger partial charge is 0.334 e. The van der Waals surface area contributed by atoms with Crippen LogP contribution in [0.15, 0.2) is 59.6 Å². The summed E-state index contributed by atoms with van der Waals surface area (Å²) in [5.41, 5.74) is 2.13. The third-order valence-corrected chi connectivity index (χ3v) is 4.74. The molecule has 0 bridgehead atoms. The largest absolute Gasteiger partial charge is 0.493 e. The van der Waals surface area contributed by atoms with Gasteiger partial charge in [-0.2, -0.15) is 0 Å². The number of carbonyl (C=O) groups excluding carboxylic acids is 1. The van der Waals surface area contributed by atoms with E-state index < -0.39 is 5.97 Å². The molecule has 1 heterocycles. The van der Waals surface area contributed by atoms with Crippen molar-refractivity contribution in [3.05, 3.63) is 59.6 Å². The standard InChI is InChI=1S/C22H32O5/c1-9-20-22(5,27-20)14-17(4)16(3)11-10-15(2)12-18(24-6)19(25-7)13-21(23)26-8/h9-13,17,20H,1,14H2,2-8H3/b15-10-,16-11+,18-12-,19-13+/t17?,20-,22-/m0/s1. The summed E-state index contributed by atoms with van der Waals surface area (Å²) in [6.07, 6.45) is 10.1. The maximum absolute atomic E-state index is 11.4. The summed E-state index contributed by atoms with van der Waals surface area (Å²) in [4.78, 5) is 11.4. The van der Waals surface area contributed by atoms with Crippen molar-refractivity contribution in [1.82, 2.24) is 0 Å². The van der Waals surface area contributed by atoms with E-state index in [0.29, 0.717) is 17.4 Å². The van der Waals surface area contributed by atoms with Crippen molar-refractivity contribution in [3.63, 3.8) is 0 Å². The van der Waals surface area contributed by atoms with E-state index >= 15 is 0 Å². The fourth-order valence-corrected chi connectivity index (χ4v) is 2.80. The van der Waals surface area contributed by atoms with Crippen LogP contribution in [0.5, 0.6) is 0 Å². The van der Waals surface area contributed by atoms with Crippen molar-refractivity contribution in [2.24, 2.45) is 5.92 Å². The zero-order valence-electron chi connectivity index (χ0n) is 17.5. The summed E-state index contributed by atoms with van der Waals surface area (Å²) in [6.45, 7) is 12.2. The Hall–Kier alpha value is -2.27. The molecule has 0 N–H and O–H groups in total. The van der Waals surface area contributed by atoms with Crippen LogP contribution in [0.3, 0.4) is 0 Å². The molecule has 3 atom stereocenters. The Morgan fingerprint density at radius 1 is 1.11 bits per heavy atom. The molecule has 27 heavy (non-hydrogen) atoms. The number of methoxy groups -OCH3 is 3. The highest BCUT2D eigenvalue weighted by molar-refractivity contribution is 5.83. The van der Waals surface area contributed by atoms with Crippen molar-refractivity contribution in [1.29, 1.82) is 0 Å². The number of epoxide rings is 1. The maximum atomic E-state index is 11.4. The van der Waals surface area contributed by atoms with E-state index in [9.17, 15) is 4.79 Å². The number of hydrogen-bond acceptors (Lipinski definition) is 5. The SMILES string of the molecule is C=C[C@@H]1O[C@@]1(C)CC(C)/C(C)=C/C=C(C)\C=C(OC)\C(=C/C(=O)OC)OC. The fourth-order valence-electron chi connectivity index (χ4n) is 2.80. The van der Waals surface area contributed by atoms with Gasteiger partial charge < -0.3 is 18.9 Å². The third-order valence-electron chi connectivity index (χ3n) is 4.74. The Labute approximate surface area is 163 Å². The van der Waals surface area contributed by atoms with Gasteiger partial charge in [0.15, 0.2) is 11.5 Å². The lowest BCUT2D eigenvalue weighted by atomic mass is 9.89. The van der Waals surface area contributed by atoms with Crippen LogP contribution in [0.4, 0.5) is 0 Å². The molecule has 0 aromatic heterocycles. The third kappa shape index (κ3) is 6.75. The summed E-state index contributed by atoms with van der Waals surface area (Å²) < 4.78 is 20.9. The molecule has 150 valence electrons. The summed E-state index contributed by atoms with van der Waals surface area (Å²) in [5, 5.41) is 0. The number of rotatable bonds is 10. The zero-order valence-corrected chi connectivity index (χ0v) is 17.5. The number of ether oxygens (including phenoxy) is 4. The molecule has 0 amide bonds. The molecule has 0 aliphatic carbocycles. The summed E-state index contributed by atoms with van der Waals surface area (Å²) in [7, 11) is 4.31. The molecule has 0 aromatic carbocycles. The van der Waals surface area contributed by atoms with Crippen molar-refractivity contribution in [3.8, 4) is 0 Å². The van der Waals surface area contributed by atoms with Crippen molar-refractivity contribution in [2.45, 2.75) is 45.8 Å². The molecular formula is C22H32O5. The second kappa shape index (κ2) is 10.2. The minimum atomic E-state index is -0.505. The van der Waals surface area contributed by atoms with Crippen LogP contribution in [-0.4, -0.2) is 39.0 Å². The average molecular weight is 376 g/mol. The van der Waals surface area contributed by atoms with Gasteiger partial charge in [-0.15, -0.1) is 6.58 Å². The lowest BCUT2D eigenvalue weighted by Crippen LogP contribution is -2.14. The minimum Gasteiger partial charge on any atom is -0.493 e. The van der Waals surface area contributed by atoms with Gasteiger partial charge >= 0.3 is 5.97 Å². The van der Waals surface area contributed by atoms with Crippen LogP contribution >= 0.6 is 0 Å². The van der Waals surface area contributed by atoms with E-state index in [1.165, 1.54) is 33.0 Å². The van der Waals surface area contributed by atoms with E-state index in [0.717, 1.165) is 12.0 Å². The molecule has 5 nitrogen and oxygen atoms in total. The Morgan fingerprint density at radius 3 is 2.19 bits per heavy atom. The van der Waals surface area contributed by atoms with Gasteiger partial charge in [-0.05, 0) is 44.8 Å². The highest BCUT2D eigenvalue weighted by Gasteiger charge is 2.50. The number of hydrogen-bond donors (Lipinski definition) is 0. The van der Waals surface area contributed by atoms with Crippen molar-refractivity contribution < 1.29 is 23.7 Å².